The second-order valence-corrected chi connectivity index (χ2v) is 5.50. The fourth-order valence-corrected chi connectivity index (χ4v) is 2.33. The molecule has 0 atom stereocenters. The summed E-state index contributed by atoms with van der Waals surface area (Å²) in [4.78, 5) is 3.81. The molecule has 1 aromatic rings. The van der Waals surface area contributed by atoms with Gasteiger partial charge in [-0.15, -0.1) is 11.8 Å². The van der Waals surface area contributed by atoms with Crippen LogP contribution in [0.5, 0.6) is 0 Å². The zero-order chi connectivity index (χ0) is 15.6. The van der Waals surface area contributed by atoms with E-state index in [-0.39, 0.29) is 0 Å². The van der Waals surface area contributed by atoms with Crippen LogP contribution in [0.3, 0.4) is 0 Å². The highest BCUT2D eigenvalue weighted by molar-refractivity contribution is 7.99. The molecule has 0 unspecified atom stereocenters. The van der Waals surface area contributed by atoms with Crippen molar-refractivity contribution in [3.63, 3.8) is 0 Å². The number of pyridine rings is 1. The van der Waals surface area contributed by atoms with Crippen LogP contribution < -0.4 is 5.32 Å². The van der Waals surface area contributed by atoms with E-state index < -0.39 is 11.7 Å². The van der Waals surface area contributed by atoms with Gasteiger partial charge in [-0.05, 0) is 38.4 Å². The molecular formula is C14H21F3N2OS. The number of hydrogen-bond acceptors (Lipinski definition) is 4. The van der Waals surface area contributed by atoms with Gasteiger partial charge in [0.05, 0.1) is 10.6 Å². The lowest BCUT2D eigenvalue weighted by Gasteiger charge is -2.07. The lowest BCUT2D eigenvalue weighted by Crippen LogP contribution is -2.18. The van der Waals surface area contributed by atoms with Crippen LogP contribution in [0.15, 0.2) is 23.4 Å². The van der Waals surface area contributed by atoms with E-state index in [1.165, 1.54) is 17.8 Å². The number of halogens is 3. The standard InChI is InChI=1S/C14H21F3N2OS/c1-2-20-9-4-3-7-18-8-10-21-13-6-5-12(11-19-13)14(15,16)17/h5-6,11,18H,2-4,7-10H2,1H3. The van der Waals surface area contributed by atoms with Crippen LogP contribution in [0.2, 0.25) is 0 Å². The van der Waals surface area contributed by atoms with Crippen molar-refractivity contribution in [1.29, 1.82) is 0 Å². The van der Waals surface area contributed by atoms with Crippen LogP contribution in [0.1, 0.15) is 25.3 Å². The van der Waals surface area contributed by atoms with E-state index in [4.69, 9.17) is 4.74 Å². The highest BCUT2D eigenvalue weighted by Gasteiger charge is 2.30. The SMILES string of the molecule is CCOCCCCNCCSc1ccc(C(F)(F)F)cn1. The zero-order valence-corrected chi connectivity index (χ0v) is 12.9. The summed E-state index contributed by atoms with van der Waals surface area (Å²) in [7, 11) is 0. The van der Waals surface area contributed by atoms with Crippen molar-refractivity contribution in [2.75, 3.05) is 32.1 Å². The molecule has 0 amide bonds. The van der Waals surface area contributed by atoms with E-state index in [0.29, 0.717) is 5.03 Å². The number of alkyl halides is 3. The second-order valence-electron chi connectivity index (χ2n) is 4.39. The molecule has 0 aliphatic carbocycles. The van der Waals surface area contributed by atoms with Crippen LogP contribution in [0, 0.1) is 0 Å². The lowest BCUT2D eigenvalue weighted by molar-refractivity contribution is -0.137. The summed E-state index contributed by atoms with van der Waals surface area (Å²) in [6, 6.07) is 2.48. The van der Waals surface area contributed by atoms with Crippen LogP contribution in [-0.2, 0) is 10.9 Å². The molecule has 1 N–H and O–H groups in total. The Morgan fingerprint density at radius 2 is 2.05 bits per heavy atom. The van der Waals surface area contributed by atoms with Crippen LogP contribution in [0.25, 0.3) is 0 Å². The van der Waals surface area contributed by atoms with Crippen LogP contribution in [-0.4, -0.2) is 37.0 Å². The van der Waals surface area contributed by atoms with Crippen molar-refractivity contribution >= 4 is 11.8 Å². The third kappa shape index (κ3) is 8.28. The molecule has 21 heavy (non-hydrogen) atoms. The number of hydrogen-bond donors (Lipinski definition) is 1. The van der Waals surface area contributed by atoms with Gasteiger partial charge < -0.3 is 10.1 Å². The van der Waals surface area contributed by atoms with Crippen molar-refractivity contribution < 1.29 is 17.9 Å². The van der Waals surface area contributed by atoms with Crippen molar-refractivity contribution in [3.8, 4) is 0 Å². The van der Waals surface area contributed by atoms with E-state index in [1.807, 2.05) is 6.92 Å². The minimum atomic E-state index is -4.32. The second kappa shape index (κ2) is 10.0. The smallest absolute Gasteiger partial charge is 0.382 e. The summed E-state index contributed by atoms with van der Waals surface area (Å²) >= 11 is 1.45. The molecule has 0 radical (unpaired) electrons. The molecule has 120 valence electrons. The zero-order valence-electron chi connectivity index (χ0n) is 12.1. The molecule has 0 saturated heterocycles. The van der Waals surface area contributed by atoms with Crippen molar-refractivity contribution in [2.45, 2.75) is 31.0 Å². The molecule has 1 heterocycles. The average molecular weight is 322 g/mol. The van der Waals surface area contributed by atoms with Crippen molar-refractivity contribution in [1.82, 2.24) is 10.3 Å². The van der Waals surface area contributed by atoms with E-state index in [1.54, 1.807) is 0 Å². The summed E-state index contributed by atoms with van der Waals surface area (Å²) < 4.78 is 42.3. The highest BCUT2D eigenvalue weighted by Crippen LogP contribution is 2.29. The number of nitrogens with one attached hydrogen (secondary N) is 1. The van der Waals surface area contributed by atoms with Crippen LogP contribution in [0.4, 0.5) is 13.2 Å². The molecule has 0 fully saturated rings. The Balaban J connectivity index is 2.08. The largest absolute Gasteiger partial charge is 0.417 e. The quantitative estimate of drug-likeness (QED) is 0.527. The molecule has 0 bridgehead atoms. The molecule has 0 spiro atoms. The monoisotopic (exact) mass is 322 g/mol. The van der Waals surface area contributed by atoms with Crippen molar-refractivity contribution in [2.24, 2.45) is 0 Å². The Morgan fingerprint density at radius 1 is 1.24 bits per heavy atom. The molecule has 0 saturated carbocycles. The molecule has 3 nitrogen and oxygen atoms in total. The minimum absolute atomic E-state index is 0.612. The normalized spacial score (nSPS) is 11.8. The summed E-state index contributed by atoms with van der Waals surface area (Å²) in [5.74, 6) is 0.782. The number of nitrogens with zero attached hydrogens (tertiary/aromatic N) is 1. The number of thioether (sulfide) groups is 1. The van der Waals surface area contributed by atoms with Gasteiger partial charge in [-0.25, -0.2) is 4.98 Å². The van der Waals surface area contributed by atoms with Gasteiger partial charge in [0.15, 0.2) is 0 Å². The van der Waals surface area contributed by atoms with Crippen molar-refractivity contribution in [3.05, 3.63) is 23.9 Å². The fraction of sp³-hybridized carbons (Fsp3) is 0.643. The number of rotatable bonds is 10. The van der Waals surface area contributed by atoms with E-state index in [2.05, 4.69) is 10.3 Å². The first-order valence-electron chi connectivity index (χ1n) is 6.98. The first kappa shape index (κ1) is 18.3. The van der Waals surface area contributed by atoms with Gasteiger partial charge in [0.25, 0.3) is 0 Å². The maximum atomic E-state index is 12.4. The lowest BCUT2D eigenvalue weighted by atomic mass is 10.3. The highest BCUT2D eigenvalue weighted by atomic mass is 32.2. The maximum Gasteiger partial charge on any atom is 0.417 e. The number of unbranched alkanes of at least 4 members (excludes halogenated alkanes) is 1. The third-order valence-corrected chi connectivity index (χ3v) is 3.63. The van der Waals surface area contributed by atoms with E-state index >= 15 is 0 Å². The molecule has 1 aromatic heterocycles. The topological polar surface area (TPSA) is 34.1 Å². The third-order valence-electron chi connectivity index (χ3n) is 2.69. The Bertz CT molecular complexity index is 385. The predicted octanol–water partition coefficient (Wildman–Crippen LogP) is 3.60. The molecule has 0 aromatic carbocycles. The van der Waals surface area contributed by atoms with Gasteiger partial charge in [-0.1, -0.05) is 0 Å². The summed E-state index contributed by atoms with van der Waals surface area (Å²) in [5, 5.41) is 3.90. The Morgan fingerprint density at radius 3 is 2.67 bits per heavy atom. The van der Waals surface area contributed by atoms with Crippen LogP contribution >= 0.6 is 11.8 Å². The minimum Gasteiger partial charge on any atom is -0.382 e. The average Bonchev–Trinajstić information content (AvgIpc) is 2.45. The Kier molecular flexibility index (Phi) is 8.72. The molecule has 0 aliphatic rings. The molecular weight excluding hydrogens is 301 g/mol. The Labute approximate surface area is 127 Å². The van der Waals surface area contributed by atoms with Gasteiger partial charge in [-0.3, -0.25) is 0 Å². The predicted molar refractivity (Wildman–Crippen MR) is 78.6 cm³/mol. The first-order valence-corrected chi connectivity index (χ1v) is 7.97. The maximum absolute atomic E-state index is 12.4. The van der Waals surface area contributed by atoms with Gasteiger partial charge in [0.1, 0.15) is 0 Å². The first-order chi connectivity index (χ1) is 10.0. The number of aromatic nitrogens is 1. The van der Waals surface area contributed by atoms with E-state index in [9.17, 15) is 13.2 Å². The van der Waals surface area contributed by atoms with Gasteiger partial charge in [0.2, 0.25) is 0 Å². The molecule has 1 rings (SSSR count). The summed E-state index contributed by atoms with van der Waals surface area (Å²) in [5.41, 5.74) is -0.709. The summed E-state index contributed by atoms with van der Waals surface area (Å²) in [6.07, 6.45) is -1.35. The van der Waals surface area contributed by atoms with Gasteiger partial charge in [-0.2, -0.15) is 13.2 Å². The fourth-order valence-electron chi connectivity index (χ4n) is 1.58. The number of ether oxygens (including phenoxy) is 1. The Hall–Kier alpha value is -0.790. The molecule has 7 heteroatoms. The molecule has 0 aliphatic heterocycles. The van der Waals surface area contributed by atoms with Gasteiger partial charge >= 0.3 is 6.18 Å². The summed E-state index contributed by atoms with van der Waals surface area (Å²) in [6.45, 7) is 5.26. The van der Waals surface area contributed by atoms with Gasteiger partial charge in [0, 0.05) is 31.7 Å². The van der Waals surface area contributed by atoms with E-state index in [0.717, 1.165) is 57.2 Å².